The highest BCUT2D eigenvalue weighted by atomic mass is 35.5. The fraction of sp³-hybridized carbons (Fsp3) is 0.400. The smallest absolute Gasteiger partial charge is 0.273 e. The van der Waals surface area contributed by atoms with Crippen molar-refractivity contribution in [3.05, 3.63) is 40.7 Å². The molecule has 1 heterocycles. The fourth-order valence-corrected chi connectivity index (χ4v) is 2.01. The minimum atomic E-state index is -0.591. The second kappa shape index (κ2) is 6.89. The average molecular weight is 323 g/mol. The van der Waals surface area contributed by atoms with Crippen molar-refractivity contribution in [2.75, 3.05) is 6.54 Å². The van der Waals surface area contributed by atoms with Crippen molar-refractivity contribution in [2.24, 2.45) is 5.92 Å². The lowest BCUT2D eigenvalue weighted by atomic mass is 10.1. The first-order valence-electron chi connectivity index (χ1n) is 7.04. The van der Waals surface area contributed by atoms with E-state index in [1.807, 2.05) is 13.8 Å². The number of halogens is 1. The first kappa shape index (κ1) is 16.5. The van der Waals surface area contributed by atoms with E-state index < -0.39 is 6.10 Å². The SMILES string of the molecule is Cc1nn(-c2cccc(Cl)c2)nc1C(=O)NCC(O)C(C)C. The number of hydrogen-bond acceptors (Lipinski definition) is 4. The lowest BCUT2D eigenvalue weighted by Crippen LogP contribution is -2.35. The highest BCUT2D eigenvalue weighted by molar-refractivity contribution is 6.30. The third kappa shape index (κ3) is 3.84. The summed E-state index contributed by atoms with van der Waals surface area (Å²) in [6.45, 7) is 5.66. The molecule has 0 aliphatic heterocycles. The number of aryl methyl sites for hydroxylation is 1. The summed E-state index contributed by atoms with van der Waals surface area (Å²) in [4.78, 5) is 13.5. The molecule has 1 amide bonds. The summed E-state index contributed by atoms with van der Waals surface area (Å²) in [6, 6.07) is 7.05. The summed E-state index contributed by atoms with van der Waals surface area (Å²) >= 11 is 5.94. The maximum Gasteiger partial charge on any atom is 0.273 e. The Morgan fingerprint density at radius 1 is 1.41 bits per heavy atom. The van der Waals surface area contributed by atoms with Gasteiger partial charge in [0.05, 0.1) is 17.5 Å². The van der Waals surface area contributed by atoms with Crippen LogP contribution in [0.1, 0.15) is 30.0 Å². The molecule has 1 atom stereocenters. The Bertz CT molecular complexity index is 669. The van der Waals surface area contributed by atoms with Gasteiger partial charge in [0.2, 0.25) is 0 Å². The number of aromatic nitrogens is 3. The molecule has 0 fully saturated rings. The highest BCUT2D eigenvalue weighted by Gasteiger charge is 2.18. The number of rotatable bonds is 5. The van der Waals surface area contributed by atoms with Crippen molar-refractivity contribution in [2.45, 2.75) is 26.9 Å². The zero-order chi connectivity index (χ0) is 16.3. The Morgan fingerprint density at radius 2 is 2.14 bits per heavy atom. The topological polar surface area (TPSA) is 80.0 Å². The summed E-state index contributed by atoms with van der Waals surface area (Å²) in [5.74, 6) is -0.283. The van der Waals surface area contributed by atoms with Gasteiger partial charge >= 0.3 is 0 Å². The van der Waals surface area contributed by atoms with Crippen molar-refractivity contribution in [3.63, 3.8) is 0 Å². The molecule has 22 heavy (non-hydrogen) atoms. The molecule has 2 rings (SSSR count). The first-order chi connectivity index (χ1) is 10.4. The molecule has 2 N–H and O–H groups in total. The fourth-order valence-electron chi connectivity index (χ4n) is 1.82. The Morgan fingerprint density at radius 3 is 2.77 bits per heavy atom. The lowest BCUT2D eigenvalue weighted by Gasteiger charge is -2.14. The molecule has 0 aliphatic carbocycles. The number of nitrogens with one attached hydrogen (secondary N) is 1. The number of aliphatic hydroxyl groups excluding tert-OH is 1. The van der Waals surface area contributed by atoms with Crippen LogP contribution in [0.15, 0.2) is 24.3 Å². The predicted octanol–water partition coefficient (Wildman–Crippen LogP) is 1.98. The van der Waals surface area contributed by atoms with E-state index in [0.29, 0.717) is 16.4 Å². The van der Waals surface area contributed by atoms with E-state index in [4.69, 9.17) is 11.6 Å². The summed E-state index contributed by atoms with van der Waals surface area (Å²) in [5, 5.41) is 21.4. The number of benzene rings is 1. The van der Waals surface area contributed by atoms with Gasteiger partial charge in [0.15, 0.2) is 5.69 Å². The molecular weight excluding hydrogens is 304 g/mol. The van der Waals surface area contributed by atoms with E-state index in [-0.39, 0.29) is 24.1 Å². The minimum Gasteiger partial charge on any atom is -0.391 e. The summed E-state index contributed by atoms with van der Waals surface area (Å²) < 4.78 is 0. The quantitative estimate of drug-likeness (QED) is 0.882. The third-order valence-electron chi connectivity index (χ3n) is 3.28. The van der Waals surface area contributed by atoms with Crippen molar-refractivity contribution >= 4 is 17.5 Å². The number of nitrogens with zero attached hydrogens (tertiary/aromatic N) is 3. The molecule has 0 bridgehead atoms. The van der Waals surface area contributed by atoms with E-state index >= 15 is 0 Å². The molecule has 1 aromatic carbocycles. The van der Waals surface area contributed by atoms with Gasteiger partial charge in [0.1, 0.15) is 0 Å². The molecule has 1 unspecified atom stereocenters. The van der Waals surface area contributed by atoms with Crippen molar-refractivity contribution in [1.82, 2.24) is 20.3 Å². The van der Waals surface area contributed by atoms with Gasteiger partial charge in [-0.15, -0.1) is 5.10 Å². The van der Waals surface area contributed by atoms with E-state index in [2.05, 4.69) is 15.5 Å². The maximum atomic E-state index is 12.1. The van der Waals surface area contributed by atoms with Crippen molar-refractivity contribution in [1.29, 1.82) is 0 Å². The van der Waals surface area contributed by atoms with Gasteiger partial charge in [-0.05, 0) is 31.0 Å². The van der Waals surface area contributed by atoms with Gasteiger partial charge in [-0.3, -0.25) is 4.79 Å². The van der Waals surface area contributed by atoms with Crippen LogP contribution in [0, 0.1) is 12.8 Å². The Balaban J connectivity index is 2.14. The molecule has 0 saturated carbocycles. The molecule has 1 aromatic heterocycles. The third-order valence-corrected chi connectivity index (χ3v) is 3.51. The molecule has 0 radical (unpaired) electrons. The van der Waals surface area contributed by atoms with Crippen LogP contribution in [0.4, 0.5) is 0 Å². The number of amides is 1. The standard InChI is InChI=1S/C15H19ClN4O2/c1-9(2)13(21)8-17-15(22)14-10(3)18-20(19-14)12-6-4-5-11(16)7-12/h4-7,9,13,21H,8H2,1-3H3,(H,17,22). The van der Waals surface area contributed by atoms with Crippen LogP contribution in [0.3, 0.4) is 0 Å². The normalized spacial score (nSPS) is 12.5. The summed E-state index contributed by atoms with van der Waals surface area (Å²) in [5.41, 5.74) is 1.42. The predicted molar refractivity (Wildman–Crippen MR) is 84.3 cm³/mol. The number of hydrogen-bond donors (Lipinski definition) is 2. The van der Waals surface area contributed by atoms with Crippen LogP contribution in [-0.2, 0) is 0 Å². The Kier molecular flexibility index (Phi) is 5.15. The van der Waals surface area contributed by atoms with Crippen LogP contribution >= 0.6 is 11.6 Å². The van der Waals surface area contributed by atoms with Crippen LogP contribution in [-0.4, -0.2) is 38.7 Å². The Hall–Kier alpha value is -1.92. The van der Waals surface area contributed by atoms with E-state index in [1.54, 1.807) is 31.2 Å². The summed E-state index contributed by atoms with van der Waals surface area (Å²) in [7, 11) is 0. The molecule has 2 aromatic rings. The molecule has 6 nitrogen and oxygen atoms in total. The second-order valence-corrected chi connectivity index (χ2v) is 5.86. The number of aliphatic hydroxyl groups is 1. The highest BCUT2D eigenvalue weighted by Crippen LogP contribution is 2.14. The second-order valence-electron chi connectivity index (χ2n) is 5.42. The maximum absolute atomic E-state index is 12.1. The van der Waals surface area contributed by atoms with Gasteiger partial charge in [-0.1, -0.05) is 31.5 Å². The monoisotopic (exact) mass is 322 g/mol. The van der Waals surface area contributed by atoms with Gasteiger partial charge in [0, 0.05) is 11.6 Å². The molecule has 0 aliphatic rings. The van der Waals surface area contributed by atoms with Gasteiger partial charge in [-0.25, -0.2) is 0 Å². The average Bonchev–Trinajstić information content (AvgIpc) is 2.86. The molecule has 0 saturated heterocycles. The first-order valence-corrected chi connectivity index (χ1v) is 7.42. The zero-order valence-corrected chi connectivity index (χ0v) is 13.5. The molecule has 118 valence electrons. The summed E-state index contributed by atoms with van der Waals surface area (Å²) in [6.07, 6.45) is -0.591. The number of carbonyl (C=O) groups excluding carboxylic acids is 1. The van der Waals surface area contributed by atoms with Gasteiger partial charge < -0.3 is 10.4 Å². The van der Waals surface area contributed by atoms with E-state index in [0.717, 1.165) is 0 Å². The molecule has 7 heteroatoms. The molecular formula is C15H19ClN4O2. The van der Waals surface area contributed by atoms with Crippen LogP contribution in [0.2, 0.25) is 5.02 Å². The molecule has 0 spiro atoms. The minimum absolute atomic E-state index is 0.0727. The number of carbonyl (C=O) groups is 1. The largest absolute Gasteiger partial charge is 0.391 e. The van der Waals surface area contributed by atoms with Crippen molar-refractivity contribution in [3.8, 4) is 5.69 Å². The lowest BCUT2D eigenvalue weighted by molar-refractivity contribution is 0.0866. The van der Waals surface area contributed by atoms with E-state index in [9.17, 15) is 9.90 Å². The van der Waals surface area contributed by atoms with Crippen LogP contribution in [0.25, 0.3) is 5.69 Å². The van der Waals surface area contributed by atoms with Gasteiger partial charge in [0.25, 0.3) is 5.91 Å². The Labute approximate surface area is 134 Å². The van der Waals surface area contributed by atoms with Crippen LogP contribution < -0.4 is 5.32 Å². The van der Waals surface area contributed by atoms with Crippen LogP contribution in [0.5, 0.6) is 0 Å². The zero-order valence-electron chi connectivity index (χ0n) is 12.7. The van der Waals surface area contributed by atoms with E-state index in [1.165, 1.54) is 4.80 Å². The van der Waals surface area contributed by atoms with Crippen molar-refractivity contribution < 1.29 is 9.90 Å². The van der Waals surface area contributed by atoms with Gasteiger partial charge in [-0.2, -0.15) is 9.90 Å².